The lowest BCUT2D eigenvalue weighted by atomic mass is 9.94. The molecule has 0 aromatic carbocycles. The first-order valence-corrected chi connectivity index (χ1v) is 9.08. The monoisotopic (exact) mass is 282 g/mol. The molecule has 20 heavy (non-hydrogen) atoms. The summed E-state index contributed by atoms with van der Waals surface area (Å²) in [6, 6.07) is 0. The molecule has 2 heteroatoms. The number of nitrogens with one attached hydrogen (secondary N) is 1. The van der Waals surface area contributed by atoms with Gasteiger partial charge < -0.3 is 10.2 Å². The third kappa shape index (κ3) is 7.64. The van der Waals surface area contributed by atoms with Crippen LogP contribution in [0.2, 0.25) is 0 Å². The molecule has 0 spiro atoms. The van der Waals surface area contributed by atoms with Gasteiger partial charge in [0.05, 0.1) is 0 Å². The summed E-state index contributed by atoms with van der Waals surface area (Å²) in [4.78, 5) is 2.75. The molecular weight excluding hydrogens is 244 g/mol. The molecule has 1 aliphatic heterocycles. The molecule has 0 aliphatic carbocycles. The number of nitrogens with zero attached hydrogens (tertiary/aromatic N) is 1. The fourth-order valence-electron chi connectivity index (χ4n) is 3.34. The molecule has 1 N–H and O–H groups in total. The third-order valence-electron chi connectivity index (χ3n) is 4.65. The Labute approximate surface area is 127 Å². The van der Waals surface area contributed by atoms with Crippen LogP contribution in [-0.4, -0.2) is 37.6 Å². The molecule has 0 bridgehead atoms. The molecule has 1 fully saturated rings. The second-order valence-corrected chi connectivity index (χ2v) is 7.24. The van der Waals surface area contributed by atoms with Crippen molar-refractivity contribution in [2.75, 3.05) is 32.7 Å². The maximum atomic E-state index is 3.65. The van der Waals surface area contributed by atoms with Gasteiger partial charge >= 0.3 is 0 Å². The highest BCUT2D eigenvalue weighted by Gasteiger charge is 2.21. The summed E-state index contributed by atoms with van der Waals surface area (Å²) in [6.07, 6.45) is 8.36. The van der Waals surface area contributed by atoms with Gasteiger partial charge in [0, 0.05) is 13.1 Å². The lowest BCUT2D eigenvalue weighted by Gasteiger charge is -2.35. The minimum atomic E-state index is 0.771. The van der Waals surface area contributed by atoms with E-state index >= 15 is 0 Å². The van der Waals surface area contributed by atoms with Crippen molar-refractivity contribution in [1.82, 2.24) is 10.2 Å². The van der Waals surface area contributed by atoms with Crippen LogP contribution in [0.5, 0.6) is 0 Å². The Balaban J connectivity index is 2.25. The second kappa shape index (κ2) is 10.6. The highest BCUT2D eigenvalue weighted by molar-refractivity contribution is 4.76. The summed E-state index contributed by atoms with van der Waals surface area (Å²) < 4.78 is 0. The van der Waals surface area contributed by atoms with Crippen molar-refractivity contribution in [3.63, 3.8) is 0 Å². The molecule has 0 radical (unpaired) electrons. The van der Waals surface area contributed by atoms with E-state index in [9.17, 15) is 0 Å². The van der Waals surface area contributed by atoms with Gasteiger partial charge in [0.1, 0.15) is 0 Å². The van der Waals surface area contributed by atoms with Crippen LogP contribution in [0.4, 0.5) is 0 Å². The first-order chi connectivity index (χ1) is 9.65. The fourth-order valence-corrected chi connectivity index (χ4v) is 3.34. The minimum absolute atomic E-state index is 0.771. The van der Waals surface area contributed by atoms with Crippen LogP contribution in [0.3, 0.4) is 0 Å². The van der Waals surface area contributed by atoms with Crippen molar-refractivity contribution in [2.45, 2.75) is 66.2 Å². The van der Waals surface area contributed by atoms with Crippen molar-refractivity contribution in [3.05, 3.63) is 0 Å². The minimum Gasteiger partial charge on any atom is -0.316 e. The second-order valence-electron chi connectivity index (χ2n) is 7.24. The quantitative estimate of drug-likeness (QED) is 0.647. The predicted molar refractivity (Wildman–Crippen MR) is 90.2 cm³/mol. The Morgan fingerprint density at radius 3 is 2.70 bits per heavy atom. The summed E-state index contributed by atoms with van der Waals surface area (Å²) in [7, 11) is 0. The zero-order valence-corrected chi connectivity index (χ0v) is 14.5. The number of likely N-dealkylation sites (tertiary alicyclic amines) is 1. The normalized spacial score (nSPS) is 22.4. The molecule has 2 nitrogen and oxygen atoms in total. The summed E-state index contributed by atoms with van der Waals surface area (Å²) in [5.41, 5.74) is 0. The van der Waals surface area contributed by atoms with Gasteiger partial charge in [-0.15, -0.1) is 0 Å². The van der Waals surface area contributed by atoms with E-state index in [-0.39, 0.29) is 0 Å². The predicted octanol–water partition coefficient (Wildman–Crippen LogP) is 4.16. The van der Waals surface area contributed by atoms with Crippen LogP contribution in [0.15, 0.2) is 0 Å². The van der Waals surface area contributed by atoms with Crippen LogP contribution in [0.1, 0.15) is 66.2 Å². The van der Waals surface area contributed by atoms with E-state index in [2.05, 4.69) is 37.9 Å². The van der Waals surface area contributed by atoms with Gasteiger partial charge in [0.2, 0.25) is 0 Å². The first-order valence-electron chi connectivity index (χ1n) is 9.08. The average molecular weight is 283 g/mol. The summed E-state index contributed by atoms with van der Waals surface area (Å²) in [6.45, 7) is 15.7. The summed E-state index contributed by atoms with van der Waals surface area (Å²) in [5.74, 6) is 2.58. The first kappa shape index (κ1) is 18.0. The third-order valence-corrected chi connectivity index (χ3v) is 4.65. The van der Waals surface area contributed by atoms with E-state index in [0.717, 1.165) is 17.8 Å². The summed E-state index contributed by atoms with van der Waals surface area (Å²) in [5, 5.41) is 3.65. The van der Waals surface area contributed by atoms with E-state index in [1.54, 1.807) is 0 Å². The zero-order chi connectivity index (χ0) is 14.8. The van der Waals surface area contributed by atoms with E-state index in [4.69, 9.17) is 0 Å². The Morgan fingerprint density at radius 1 is 1.25 bits per heavy atom. The van der Waals surface area contributed by atoms with Crippen molar-refractivity contribution >= 4 is 0 Å². The molecule has 120 valence electrons. The van der Waals surface area contributed by atoms with Crippen LogP contribution in [0, 0.1) is 17.8 Å². The number of rotatable bonds is 10. The number of hydrogen-bond acceptors (Lipinski definition) is 2. The lowest BCUT2D eigenvalue weighted by Crippen LogP contribution is -2.42. The van der Waals surface area contributed by atoms with Gasteiger partial charge in [-0.3, -0.25) is 0 Å². The maximum absolute atomic E-state index is 3.65. The van der Waals surface area contributed by atoms with Crippen LogP contribution in [0.25, 0.3) is 0 Å². The Hall–Kier alpha value is -0.0800. The highest BCUT2D eigenvalue weighted by Crippen LogP contribution is 2.20. The Kier molecular flexibility index (Phi) is 9.54. The van der Waals surface area contributed by atoms with Crippen molar-refractivity contribution in [2.24, 2.45) is 17.8 Å². The standard InChI is InChI=1S/C18H38N2/c1-5-7-9-17(6-2)14-20-11-8-10-18(15-20)13-19-12-16(3)4/h16-19H,5-15H2,1-4H3. The topological polar surface area (TPSA) is 15.3 Å². The highest BCUT2D eigenvalue weighted by atomic mass is 15.1. The number of hydrogen-bond donors (Lipinski definition) is 1. The van der Waals surface area contributed by atoms with Gasteiger partial charge in [-0.25, -0.2) is 0 Å². The molecule has 0 aromatic rings. The molecule has 0 aromatic heterocycles. The molecule has 0 saturated carbocycles. The van der Waals surface area contributed by atoms with Crippen LogP contribution < -0.4 is 5.32 Å². The molecule has 1 aliphatic rings. The maximum Gasteiger partial charge on any atom is 0.00219 e. The fraction of sp³-hybridized carbons (Fsp3) is 1.00. The van der Waals surface area contributed by atoms with E-state index in [1.807, 2.05) is 0 Å². The lowest BCUT2D eigenvalue weighted by molar-refractivity contribution is 0.144. The molecule has 1 saturated heterocycles. The van der Waals surface area contributed by atoms with Crippen LogP contribution >= 0.6 is 0 Å². The zero-order valence-electron chi connectivity index (χ0n) is 14.5. The molecule has 2 unspecified atom stereocenters. The SMILES string of the molecule is CCCCC(CC)CN1CCCC(CNCC(C)C)C1. The van der Waals surface area contributed by atoms with Gasteiger partial charge in [-0.1, -0.05) is 47.0 Å². The van der Waals surface area contributed by atoms with Gasteiger partial charge in [-0.2, -0.15) is 0 Å². The molecule has 1 heterocycles. The molecule has 1 rings (SSSR count). The van der Waals surface area contributed by atoms with E-state index in [1.165, 1.54) is 71.2 Å². The Bertz CT molecular complexity index is 227. The number of unbranched alkanes of at least 4 members (excludes halogenated alkanes) is 1. The number of piperidine rings is 1. The molecular formula is C18H38N2. The van der Waals surface area contributed by atoms with Crippen molar-refractivity contribution < 1.29 is 0 Å². The van der Waals surface area contributed by atoms with Gasteiger partial charge in [0.25, 0.3) is 0 Å². The van der Waals surface area contributed by atoms with E-state index in [0.29, 0.717) is 0 Å². The average Bonchev–Trinajstić information content (AvgIpc) is 2.43. The van der Waals surface area contributed by atoms with Gasteiger partial charge in [-0.05, 0) is 56.7 Å². The van der Waals surface area contributed by atoms with Gasteiger partial charge in [0.15, 0.2) is 0 Å². The van der Waals surface area contributed by atoms with E-state index < -0.39 is 0 Å². The largest absolute Gasteiger partial charge is 0.316 e. The van der Waals surface area contributed by atoms with Crippen LogP contribution in [-0.2, 0) is 0 Å². The smallest absolute Gasteiger partial charge is 0.00219 e. The molecule has 0 amide bonds. The molecule has 2 atom stereocenters. The summed E-state index contributed by atoms with van der Waals surface area (Å²) >= 11 is 0. The Morgan fingerprint density at radius 2 is 2.05 bits per heavy atom. The van der Waals surface area contributed by atoms with Crippen molar-refractivity contribution in [3.8, 4) is 0 Å². The van der Waals surface area contributed by atoms with Crippen molar-refractivity contribution in [1.29, 1.82) is 0 Å².